The summed E-state index contributed by atoms with van der Waals surface area (Å²) in [6.45, 7) is 3.65. The third-order valence-corrected chi connectivity index (χ3v) is 6.27. The van der Waals surface area contributed by atoms with Gasteiger partial charge in [0.25, 0.3) is 5.56 Å². The van der Waals surface area contributed by atoms with E-state index < -0.39 is 0 Å². The molecule has 0 aliphatic carbocycles. The fraction of sp³-hybridized carbons (Fsp3) is 0.375. The van der Waals surface area contributed by atoms with Gasteiger partial charge in [0.2, 0.25) is 5.95 Å². The summed E-state index contributed by atoms with van der Waals surface area (Å²) in [4.78, 5) is 25.8. The zero-order valence-electron chi connectivity index (χ0n) is 18.1. The van der Waals surface area contributed by atoms with Crippen LogP contribution in [0.2, 0.25) is 0 Å². The molecule has 0 spiro atoms. The number of ether oxygens (including phenoxy) is 1. The van der Waals surface area contributed by atoms with Crippen LogP contribution in [0.25, 0.3) is 11.3 Å². The summed E-state index contributed by atoms with van der Waals surface area (Å²) in [7, 11) is 1.73. The molecule has 2 aliphatic heterocycles. The number of phenols is 1. The number of morpholine rings is 1. The number of hydrogen-bond acceptors (Lipinski definition) is 7. The summed E-state index contributed by atoms with van der Waals surface area (Å²) < 4.78 is 7.57. The molecule has 4 heterocycles. The molecule has 32 heavy (non-hydrogen) atoms. The Labute approximate surface area is 186 Å². The van der Waals surface area contributed by atoms with Crippen LogP contribution in [0.1, 0.15) is 24.5 Å². The van der Waals surface area contributed by atoms with Gasteiger partial charge in [-0.1, -0.05) is 6.07 Å². The molecular weight excluding hydrogens is 406 g/mol. The maximum absolute atomic E-state index is 12.7. The highest BCUT2D eigenvalue weighted by atomic mass is 16.5. The van der Waals surface area contributed by atoms with Crippen molar-refractivity contribution in [2.75, 3.05) is 42.6 Å². The van der Waals surface area contributed by atoms with Crippen LogP contribution in [-0.4, -0.2) is 52.4 Å². The van der Waals surface area contributed by atoms with Crippen LogP contribution in [0, 0.1) is 0 Å². The summed E-state index contributed by atoms with van der Waals surface area (Å²) in [5, 5.41) is 10.8. The van der Waals surface area contributed by atoms with Crippen molar-refractivity contribution in [1.29, 1.82) is 0 Å². The smallest absolute Gasteiger partial charge is 0.255 e. The predicted molar refractivity (Wildman–Crippen MR) is 123 cm³/mol. The van der Waals surface area contributed by atoms with E-state index in [0.29, 0.717) is 31.3 Å². The van der Waals surface area contributed by atoms with Crippen LogP contribution >= 0.6 is 0 Å². The lowest BCUT2D eigenvalue weighted by atomic mass is 10.1. The van der Waals surface area contributed by atoms with Gasteiger partial charge in [-0.2, -0.15) is 0 Å². The molecular formula is C24H27N5O3. The van der Waals surface area contributed by atoms with Gasteiger partial charge in [-0.3, -0.25) is 14.3 Å². The maximum Gasteiger partial charge on any atom is 0.255 e. The Kier molecular flexibility index (Phi) is 5.53. The number of hydrogen-bond donors (Lipinski definition) is 1. The van der Waals surface area contributed by atoms with E-state index in [-0.39, 0.29) is 17.4 Å². The molecule has 2 saturated heterocycles. The second-order valence-electron chi connectivity index (χ2n) is 8.32. The van der Waals surface area contributed by atoms with Gasteiger partial charge in [0.1, 0.15) is 11.9 Å². The monoisotopic (exact) mass is 433 g/mol. The molecule has 2 aliphatic rings. The quantitative estimate of drug-likeness (QED) is 0.677. The second-order valence-corrected chi connectivity index (χ2v) is 8.32. The molecule has 0 bridgehead atoms. The molecule has 3 aromatic rings. The van der Waals surface area contributed by atoms with Crippen LogP contribution < -0.4 is 15.4 Å². The average molecular weight is 434 g/mol. The highest BCUT2D eigenvalue weighted by Crippen LogP contribution is 2.34. The van der Waals surface area contributed by atoms with Gasteiger partial charge in [0, 0.05) is 68.0 Å². The summed E-state index contributed by atoms with van der Waals surface area (Å²) >= 11 is 0. The largest absolute Gasteiger partial charge is 0.507 e. The second kappa shape index (κ2) is 8.63. The molecule has 0 radical (unpaired) electrons. The third kappa shape index (κ3) is 3.93. The molecule has 1 N–H and O–H groups in total. The van der Waals surface area contributed by atoms with Crippen molar-refractivity contribution < 1.29 is 9.84 Å². The van der Waals surface area contributed by atoms with Gasteiger partial charge in [-0.05, 0) is 31.0 Å². The van der Waals surface area contributed by atoms with E-state index in [1.54, 1.807) is 30.1 Å². The molecule has 8 heteroatoms. The lowest BCUT2D eigenvalue weighted by molar-refractivity contribution is 0.0375. The zero-order chi connectivity index (χ0) is 22.1. The zero-order valence-corrected chi connectivity index (χ0v) is 18.1. The Morgan fingerprint density at radius 2 is 1.81 bits per heavy atom. The summed E-state index contributed by atoms with van der Waals surface area (Å²) in [5.41, 5.74) is 3.14. The highest BCUT2D eigenvalue weighted by Gasteiger charge is 2.27. The van der Waals surface area contributed by atoms with Crippen molar-refractivity contribution in [3.63, 3.8) is 0 Å². The van der Waals surface area contributed by atoms with Crippen LogP contribution in [0.3, 0.4) is 0 Å². The maximum atomic E-state index is 12.7. The van der Waals surface area contributed by atoms with E-state index in [9.17, 15) is 9.90 Å². The molecule has 2 fully saturated rings. The standard InChI is InChI=1S/C24H27N5O3/c1-27-23(31)15-20(17-6-8-25-9-7-17)26-24(27)29-12-13-32-22(16-29)19-5-4-18(14-21(19)30)28-10-2-3-11-28/h4-9,14-15,22,30H,2-3,10-13,16H2,1H3. The normalized spacial score (nSPS) is 18.8. The molecule has 0 amide bonds. The molecule has 1 atom stereocenters. The van der Waals surface area contributed by atoms with Gasteiger partial charge in [-0.15, -0.1) is 0 Å². The first-order valence-corrected chi connectivity index (χ1v) is 11.0. The number of aromatic hydroxyl groups is 1. The number of pyridine rings is 1. The number of aromatic nitrogens is 3. The van der Waals surface area contributed by atoms with Crippen molar-refractivity contribution in [2.24, 2.45) is 7.05 Å². The van der Waals surface area contributed by atoms with Gasteiger partial charge in [0.05, 0.1) is 18.8 Å². The van der Waals surface area contributed by atoms with Gasteiger partial charge < -0.3 is 19.6 Å². The Hall–Kier alpha value is -3.39. The first-order chi connectivity index (χ1) is 15.6. The van der Waals surface area contributed by atoms with Crippen molar-refractivity contribution in [2.45, 2.75) is 18.9 Å². The van der Waals surface area contributed by atoms with Crippen LogP contribution in [0.5, 0.6) is 5.75 Å². The van der Waals surface area contributed by atoms with Crippen molar-refractivity contribution in [3.05, 3.63) is 64.7 Å². The fourth-order valence-corrected chi connectivity index (χ4v) is 4.48. The van der Waals surface area contributed by atoms with E-state index in [1.807, 2.05) is 29.2 Å². The Morgan fingerprint density at radius 3 is 2.56 bits per heavy atom. The molecule has 166 valence electrons. The van der Waals surface area contributed by atoms with E-state index in [2.05, 4.69) is 16.0 Å². The first-order valence-electron chi connectivity index (χ1n) is 11.0. The Balaban J connectivity index is 1.42. The van der Waals surface area contributed by atoms with Crippen LogP contribution in [0.15, 0.2) is 53.6 Å². The van der Waals surface area contributed by atoms with Crippen LogP contribution in [-0.2, 0) is 11.8 Å². The van der Waals surface area contributed by atoms with Crippen molar-refractivity contribution in [1.82, 2.24) is 14.5 Å². The van der Waals surface area contributed by atoms with Gasteiger partial charge in [0.15, 0.2) is 0 Å². The molecule has 2 aromatic heterocycles. The number of anilines is 2. The van der Waals surface area contributed by atoms with Crippen LogP contribution in [0.4, 0.5) is 11.6 Å². The number of rotatable bonds is 4. The van der Waals surface area contributed by atoms with Gasteiger partial charge in [-0.25, -0.2) is 4.98 Å². The number of phenolic OH excluding ortho intramolecular Hbond substituents is 1. The Morgan fingerprint density at radius 1 is 1.03 bits per heavy atom. The minimum absolute atomic E-state index is 0.123. The lowest BCUT2D eigenvalue weighted by Crippen LogP contribution is -2.41. The van der Waals surface area contributed by atoms with E-state index in [0.717, 1.165) is 29.9 Å². The Bertz CT molecular complexity index is 1160. The molecule has 1 unspecified atom stereocenters. The van der Waals surface area contributed by atoms with Gasteiger partial charge >= 0.3 is 0 Å². The van der Waals surface area contributed by atoms with E-state index >= 15 is 0 Å². The summed E-state index contributed by atoms with van der Waals surface area (Å²) in [6, 6.07) is 11.1. The first kappa shape index (κ1) is 20.5. The minimum Gasteiger partial charge on any atom is -0.507 e. The molecule has 5 rings (SSSR count). The predicted octanol–water partition coefficient (Wildman–Crippen LogP) is 2.73. The third-order valence-electron chi connectivity index (χ3n) is 6.27. The number of benzene rings is 1. The minimum atomic E-state index is -0.308. The van der Waals surface area contributed by atoms with Crippen molar-refractivity contribution in [3.8, 4) is 17.0 Å². The summed E-state index contributed by atoms with van der Waals surface area (Å²) in [5.74, 6) is 0.833. The fourth-order valence-electron chi connectivity index (χ4n) is 4.48. The molecule has 8 nitrogen and oxygen atoms in total. The highest BCUT2D eigenvalue weighted by molar-refractivity contribution is 5.60. The van der Waals surface area contributed by atoms with E-state index in [4.69, 9.17) is 9.72 Å². The molecule has 0 saturated carbocycles. The topological polar surface area (TPSA) is 83.7 Å². The lowest BCUT2D eigenvalue weighted by Gasteiger charge is -2.35. The van der Waals surface area contributed by atoms with E-state index in [1.165, 1.54) is 12.8 Å². The average Bonchev–Trinajstić information content (AvgIpc) is 3.36. The summed E-state index contributed by atoms with van der Waals surface area (Å²) in [6.07, 6.45) is 5.44. The SMILES string of the molecule is Cn1c(N2CCOC(c3ccc(N4CCCC4)cc3O)C2)nc(-c2ccncc2)cc1=O. The molecule has 1 aromatic carbocycles. The number of nitrogens with zero attached hydrogens (tertiary/aromatic N) is 5. The van der Waals surface area contributed by atoms with Crippen molar-refractivity contribution >= 4 is 11.6 Å².